The summed E-state index contributed by atoms with van der Waals surface area (Å²) in [7, 11) is 0. The summed E-state index contributed by atoms with van der Waals surface area (Å²) in [6, 6.07) is 6.54. The fourth-order valence-electron chi connectivity index (χ4n) is 1.83. The van der Waals surface area contributed by atoms with Gasteiger partial charge in [0, 0.05) is 13.1 Å². The van der Waals surface area contributed by atoms with Gasteiger partial charge in [0.2, 0.25) is 5.95 Å². The van der Waals surface area contributed by atoms with E-state index in [0.29, 0.717) is 24.5 Å². The fourth-order valence-corrected chi connectivity index (χ4v) is 1.83. The normalized spacial score (nSPS) is 10.4. The lowest BCUT2D eigenvalue weighted by molar-refractivity contribution is 0.608. The first kappa shape index (κ1) is 15.2. The van der Waals surface area contributed by atoms with E-state index in [1.807, 2.05) is 6.92 Å². The maximum absolute atomic E-state index is 13.6. The SMILES string of the molecule is CCCNc1ncc(F)c(NCCc2ccccc2F)n1. The first-order chi connectivity index (χ1) is 10.2. The Kier molecular flexibility index (Phi) is 5.43. The van der Waals surface area contributed by atoms with Crippen LogP contribution in [0.2, 0.25) is 0 Å². The van der Waals surface area contributed by atoms with Crippen molar-refractivity contribution in [3.63, 3.8) is 0 Å². The molecular weight excluding hydrogens is 274 g/mol. The van der Waals surface area contributed by atoms with Gasteiger partial charge < -0.3 is 10.6 Å². The summed E-state index contributed by atoms with van der Waals surface area (Å²) in [6.45, 7) is 3.13. The second kappa shape index (κ2) is 7.52. The predicted octanol–water partition coefficient (Wildman–Crippen LogP) is 3.23. The van der Waals surface area contributed by atoms with Crippen LogP contribution >= 0.6 is 0 Å². The van der Waals surface area contributed by atoms with Gasteiger partial charge in [0.25, 0.3) is 0 Å². The molecular formula is C15H18F2N4. The van der Waals surface area contributed by atoms with E-state index in [1.165, 1.54) is 6.07 Å². The molecule has 0 aliphatic carbocycles. The van der Waals surface area contributed by atoms with E-state index in [0.717, 1.165) is 19.2 Å². The van der Waals surface area contributed by atoms with Crippen LogP contribution in [0.5, 0.6) is 0 Å². The van der Waals surface area contributed by atoms with Crippen LogP contribution < -0.4 is 10.6 Å². The number of benzene rings is 1. The van der Waals surface area contributed by atoms with Crippen LogP contribution in [0.15, 0.2) is 30.5 Å². The van der Waals surface area contributed by atoms with Crippen molar-refractivity contribution in [2.45, 2.75) is 19.8 Å². The first-order valence-electron chi connectivity index (χ1n) is 6.94. The summed E-state index contributed by atoms with van der Waals surface area (Å²) in [4.78, 5) is 7.92. The molecule has 0 fully saturated rings. The van der Waals surface area contributed by atoms with Gasteiger partial charge in [0.15, 0.2) is 11.6 Å². The maximum Gasteiger partial charge on any atom is 0.224 e. The Labute approximate surface area is 122 Å². The summed E-state index contributed by atoms with van der Waals surface area (Å²) < 4.78 is 27.1. The molecule has 0 unspecified atom stereocenters. The van der Waals surface area contributed by atoms with Gasteiger partial charge in [-0.1, -0.05) is 25.1 Å². The predicted molar refractivity (Wildman–Crippen MR) is 79.4 cm³/mol. The van der Waals surface area contributed by atoms with Crippen LogP contribution in [0, 0.1) is 11.6 Å². The third kappa shape index (κ3) is 4.37. The number of hydrogen-bond donors (Lipinski definition) is 2. The molecule has 0 amide bonds. The molecule has 0 aliphatic rings. The lowest BCUT2D eigenvalue weighted by atomic mass is 10.1. The van der Waals surface area contributed by atoms with Gasteiger partial charge in [-0.3, -0.25) is 0 Å². The molecule has 0 saturated heterocycles. The number of nitrogens with one attached hydrogen (secondary N) is 2. The molecule has 0 aliphatic heterocycles. The van der Waals surface area contributed by atoms with E-state index >= 15 is 0 Å². The van der Waals surface area contributed by atoms with Crippen LogP contribution in [0.4, 0.5) is 20.5 Å². The second-order valence-electron chi connectivity index (χ2n) is 4.59. The van der Waals surface area contributed by atoms with E-state index in [4.69, 9.17) is 0 Å². The quantitative estimate of drug-likeness (QED) is 0.822. The number of nitrogens with zero attached hydrogens (tertiary/aromatic N) is 2. The van der Waals surface area contributed by atoms with Gasteiger partial charge in [-0.15, -0.1) is 0 Å². The Hall–Kier alpha value is -2.24. The van der Waals surface area contributed by atoms with E-state index in [2.05, 4.69) is 20.6 Å². The molecule has 0 spiro atoms. The molecule has 1 aromatic heterocycles. The van der Waals surface area contributed by atoms with Crippen molar-refractivity contribution in [2.24, 2.45) is 0 Å². The number of rotatable bonds is 7. The minimum atomic E-state index is -0.523. The third-order valence-electron chi connectivity index (χ3n) is 2.92. The lowest BCUT2D eigenvalue weighted by Crippen LogP contribution is -2.11. The Bertz CT molecular complexity index is 590. The molecule has 6 heteroatoms. The van der Waals surface area contributed by atoms with E-state index in [1.54, 1.807) is 18.2 Å². The Morgan fingerprint density at radius 2 is 1.86 bits per heavy atom. The fraction of sp³-hybridized carbons (Fsp3) is 0.333. The topological polar surface area (TPSA) is 49.8 Å². The molecule has 2 aromatic rings. The second-order valence-corrected chi connectivity index (χ2v) is 4.59. The molecule has 4 nitrogen and oxygen atoms in total. The molecule has 0 radical (unpaired) electrons. The highest BCUT2D eigenvalue weighted by Gasteiger charge is 2.07. The number of halogens is 2. The summed E-state index contributed by atoms with van der Waals surface area (Å²) in [5.74, 6) is -0.273. The molecule has 2 N–H and O–H groups in total. The van der Waals surface area contributed by atoms with Crippen LogP contribution in [-0.4, -0.2) is 23.1 Å². The molecule has 0 atom stereocenters. The highest BCUT2D eigenvalue weighted by Crippen LogP contribution is 2.13. The highest BCUT2D eigenvalue weighted by molar-refractivity contribution is 5.41. The summed E-state index contributed by atoms with van der Waals surface area (Å²) in [5, 5.41) is 5.86. The zero-order valence-electron chi connectivity index (χ0n) is 11.9. The Balaban J connectivity index is 1.94. The van der Waals surface area contributed by atoms with Gasteiger partial charge in [0.1, 0.15) is 5.82 Å². The number of aromatic nitrogens is 2. The van der Waals surface area contributed by atoms with Crippen molar-refractivity contribution in [1.29, 1.82) is 0 Å². The molecule has 0 bridgehead atoms. The number of hydrogen-bond acceptors (Lipinski definition) is 4. The van der Waals surface area contributed by atoms with Gasteiger partial charge in [-0.25, -0.2) is 13.8 Å². The van der Waals surface area contributed by atoms with Crippen molar-refractivity contribution >= 4 is 11.8 Å². The highest BCUT2D eigenvalue weighted by atomic mass is 19.1. The van der Waals surface area contributed by atoms with Crippen LogP contribution in [0.1, 0.15) is 18.9 Å². The average Bonchev–Trinajstić information content (AvgIpc) is 2.49. The van der Waals surface area contributed by atoms with Crippen LogP contribution in [0.25, 0.3) is 0 Å². The van der Waals surface area contributed by atoms with Gasteiger partial charge in [0.05, 0.1) is 6.20 Å². The van der Waals surface area contributed by atoms with Crippen molar-refractivity contribution in [1.82, 2.24) is 9.97 Å². The van der Waals surface area contributed by atoms with Crippen molar-refractivity contribution in [3.8, 4) is 0 Å². The molecule has 21 heavy (non-hydrogen) atoms. The smallest absolute Gasteiger partial charge is 0.224 e. The number of anilines is 2. The Morgan fingerprint density at radius 3 is 2.62 bits per heavy atom. The van der Waals surface area contributed by atoms with Crippen LogP contribution in [-0.2, 0) is 6.42 Å². The molecule has 2 rings (SSSR count). The summed E-state index contributed by atoms with van der Waals surface area (Å²) >= 11 is 0. The zero-order chi connectivity index (χ0) is 15.1. The largest absolute Gasteiger partial charge is 0.367 e. The van der Waals surface area contributed by atoms with Crippen molar-refractivity contribution in [3.05, 3.63) is 47.7 Å². The standard InChI is InChI=1S/C15H18F2N4/c1-2-8-19-15-20-10-13(17)14(21-15)18-9-7-11-5-3-4-6-12(11)16/h3-6,10H,2,7-9H2,1H3,(H2,18,19,20,21). The van der Waals surface area contributed by atoms with Gasteiger partial charge >= 0.3 is 0 Å². The molecule has 1 heterocycles. The van der Waals surface area contributed by atoms with Crippen molar-refractivity contribution in [2.75, 3.05) is 23.7 Å². The van der Waals surface area contributed by atoms with Gasteiger partial charge in [-0.05, 0) is 24.5 Å². The van der Waals surface area contributed by atoms with E-state index in [9.17, 15) is 8.78 Å². The minimum Gasteiger partial charge on any atom is -0.367 e. The third-order valence-corrected chi connectivity index (χ3v) is 2.92. The minimum absolute atomic E-state index is 0.125. The Morgan fingerprint density at radius 1 is 1.05 bits per heavy atom. The first-order valence-corrected chi connectivity index (χ1v) is 6.94. The average molecular weight is 292 g/mol. The van der Waals surface area contributed by atoms with Crippen LogP contribution in [0.3, 0.4) is 0 Å². The molecule has 112 valence electrons. The summed E-state index contributed by atoms with van der Waals surface area (Å²) in [5.41, 5.74) is 0.587. The van der Waals surface area contributed by atoms with E-state index < -0.39 is 5.82 Å². The molecule has 1 aromatic carbocycles. The monoisotopic (exact) mass is 292 g/mol. The maximum atomic E-state index is 13.6. The summed E-state index contributed by atoms with van der Waals surface area (Å²) in [6.07, 6.45) is 2.50. The molecule has 0 saturated carbocycles. The van der Waals surface area contributed by atoms with Crippen molar-refractivity contribution < 1.29 is 8.78 Å². The van der Waals surface area contributed by atoms with E-state index in [-0.39, 0.29) is 11.6 Å². The zero-order valence-corrected chi connectivity index (χ0v) is 11.9. The van der Waals surface area contributed by atoms with Gasteiger partial charge in [-0.2, -0.15) is 4.98 Å². The lowest BCUT2D eigenvalue weighted by Gasteiger charge is -2.09.